The third-order valence-corrected chi connectivity index (χ3v) is 4.14. The SMILES string of the molecule is CC[C@@H](NC(=O)/C=C/c1ccc(Cl)cc1Cl)c1ccc(C)cc1. The van der Waals surface area contributed by atoms with E-state index in [2.05, 4.69) is 5.32 Å². The average molecular weight is 348 g/mol. The summed E-state index contributed by atoms with van der Waals surface area (Å²) in [6.07, 6.45) is 4.01. The van der Waals surface area contributed by atoms with E-state index in [0.29, 0.717) is 10.0 Å². The predicted molar refractivity (Wildman–Crippen MR) is 97.8 cm³/mol. The van der Waals surface area contributed by atoms with Crippen molar-refractivity contribution >= 4 is 35.2 Å². The van der Waals surface area contributed by atoms with E-state index in [1.807, 2.05) is 38.1 Å². The minimum atomic E-state index is -0.150. The molecule has 1 N–H and O–H groups in total. The third kappa shape index (κ3) is 5.12. The van der Waals surface area contributed by atoms with Gasteiger partial charge in [0.25, 0.3) is 0 Å². The molecule has 2 aromatic rings. The maximum atomic E-state index is 12.1. The van der Waals surface area contributed by atoms with Gasteiger partial charge in [0, 0.05) is 16.1 Å². The molecule has 1 atom stereocenters. The highest BCUT2D eigenvalue weighted by atomic mass is 35.5. The molecule has 0 radical (unpaired) electrons. The van der Waals surface area contributed by atoms with Gasteiger partial charge in [0.05, 0.1) is 6.04 Å². The number of nitrogens with one attached hydrogen (secondary N) is 1. The lowest BCUT2D eigenvalue weighted by Gasteiger charge is -2.16. The second-order valence-electron chi connectivity index (χ2n) is 5.38. The summed E-state index contributed by atoms with van der Waals surface area (Å²) in [6.45, 7) is 4.09. The number of aryl methyl sites for hydroxylation is 1. The van der Waals surface area contributed by atoms with E-state index in [4.69, 9.17) is 23.2 Å². The fourth-order valence-electron chi connectivity index (χ4n) is 2.24. The molecule has 120 valence electrons. The van der Waals surface area contributed by atoms with Crippen LogP contribution < -0.4 is 5.32 Å². The molecular formula is C19H19Cl2NO. The maximum Gasteiger partial charge on any atom is 0.244 e. The Morgan fingerprint density at radius 2 is 1.87 bits per heavy atom. The number of amides is 1. The molecule has 0 aliphatic carbocycles. The Morgan fingerprint density at radius 3 is 2.48 bits per heavy atom. The van der Waals surface area contributed by atoms with E-state index in [-0.39, 0.29) is 11.9 Å². The molecule has 0 saturated heterocycles. The van der Waals surface area contributed by atoms with E-state index < -0.39 is 0 Å². The van der Waals surface area contributed by atoms with Gasteiger partial charge in [-0.1, -0.05) is 66.0 Å². The van der Waals surface area contributed by atoms with Crippen LogP contribution in [0, 0.1) is 6.92 Å². The summed E-state index contributed by atoms with van der Waals surface area (Å²) in [5, 5.41) is 4.10. The summed E-state index contributed by atoms with van der Waals surface area (Å²) in [6, 6.07) is 13.4. The highest BCUT2D eigenvalue weighted by Gasteiger charge is 2.10. The molecular weight excluding hydrogens is 329 g/mol. The van der Waals surface area contributed by atoms with Crippen LogP contribution >= 0.6 is 23.2 Å². The molecule has 0 aromatic heterocycles. The van der Waals surface area contributed by atoms with Crippen molar-refractivity contribution in [1.29, 1.82) is 0 Å². The van der Waals surface area contributed by atoms with Crippen LogP contribution in [-0.4, -0.2) is 5.91 Å². The summed E-state index contributed by atoms with van der Waals surface area (Å²) >= 11 is 11.9. The Labute approximate surface area is 147 Å². The normalized spacial score (nSPS) is 12.3. The molecule has 0 aliphatic heterocycles. The van der Waals surface area contributed by atoms with Gasteiger partial charge in [-0.05, 0) is 42.7 Å². The van der Waals surface area contributed by atoms with Gasteiger partial charge < -0.3 is 5.32 Å². The van der Waals surface area contributed by atoms with Crippen LogP contribution in [-0.2, 0) is 4.79 Å². The van der Waals surface area contributed by atoms with Crippen molar-refractivity contribution in [3.05, 3.63) is 75.3 Å². The summed E-state index contributed by atoms with van der Waals surface area (Å²) in [7, 11) is 0. The van der Waals surface area contributed by atoms with Gasteiger partial charge in [0.15, 0.2) is 0 Å². The first-order valence-electron chi connectivity index (χ1n) is 7.49. The van der Waals surface area contributed by atoms with Crippen molar-refractivity contribution in [3.63, 3.8) is 0 Å². The number of carbonyl (C=O) groups is 1. The van der Waals surface area contributed by atoms with Crippen LogP contribution in [0.15, 0.2) is 48.5 Å². The van der Waals surface area contributed by atoms with Crippen LogP contribution in [0.25, 0.3) is 6.08 Å². The summed E-state index contributed by atoms with van der Waals surface area (Å²) < 4.78 is 0. The number of rotatable bonds is 5. The van der Waals surface area contributed by atoms with E-state index in [9.17, 15) is 4.79 Å². The molecule has 4 heteroatoms. The molecule has 0 spiro atoms. The Bertz CT molecular complexity index is 708. The first-order chi connectivity index (χ1) is 11.0. The molecule has 0 unspecified atom stereocenters. The second kappa shape index (κ2) is 8.19. The number of halogens is 2. The van der Waals surface area contributed by atoms with Crippen molar-refractivity contribution in [2.45, 2.75) is 26.3 Å². The van der Waals surface area contributed by atoms with Crippen molar-refractivity contribution < 1.29 is 4.79 Å². The Kier molecular flexibility index (Phi) is 6.26. The van der Waals surface area contributed by atoms with Gasteiger partial charge in [0.1, 0.15) is 0 Å². The number of hydrogen-bond donors (Lipinski definition) is 1. The zero-order valence-corrected chi connectivity index (χ0v) is 14.7. The molecule has 0 aliphatic rings. The maximum absolute atomic E-state index is 12.1. The first-order valence-corrected chi connectivity index (χ1v) is 8.25. The van der Waals surface area contributed by atoms with Gasteiger partial charge in [-0.3, -0.25) is 4.79 Å². The fourth-order valence-corrected chi connectivity index (χ4v) is 2.71. The fraction of sp³-hybridized carbons (Fsp3) is 0.211. The largest absolute Gasteiger partial charge is 0.346 e. The Balaban J connectivity index is 2.05. The predicted octanol–water partition coefficient (Wildman–Crippen LogP) is 5.58. The topological polar surface area (TPSA) is 29.1 Å². The number of hydrogen-bond acceptors (Lipinski definition) is 1. The van der Waals surface area contributed by atoms with Crippen molar-refractivity contribution in [2.75, 3.05) is 0 Å². The Hall–Kier alpha value is -1.77. The monoisotopic (exact) mass is 347 g/mol. The van der Waals surface area contributed by atoms with Crippen LogP contribution in [0.1, 0.15) is 36.1 Å². The highest BCUT2D eigenvalue weighted by Crippen LogP contribution is 2.22. The van der Waals surface area contributed by atoms with Gasteiger partial charge in [-0.15, -0.1) is 0 Å². The summed E-state index contributed by atoms with van der Waals surface area (Å²) in [4.78, 5) is 12.1. The van der Waals surface area contributed by atoms with Crippen LogP contribution in [0.2, 0.25) is 10.0 Å². The minimum absolute atomic E-state index is 0.00607. The van der Waals surface area contributed by atoms with E-state index >= 15 is 0 Å². The molecule has 1 amide bonds. The van der Waals surface area contributed by atoms with Gasteiger partial charge in [0.2, 0.25) is 5.91 Å². The lowest BCUT2D eigenvalue weighted by atomic mass is 10.0. The highest BCUT2D eigenvalue weighted by molar-refractivity contribution is 6.35. The quantitative estimate of drug-likeness (QED) is 0.702. The van der Waals surface area contributed by atoms with Crippen molar-refractivity contribution in [2.24, 2.45) is 0 Å². The van der Waals surface area contributed by atoms with E-state index in [1.165, 1.54) is 11.6 Å². The molecule has 2 nitrogen and oxygen atoms in total. The van der Waals surface area contributed by atoms with Crippen LogP contribution in [0.4, 0.5) is 0 Å². The lowest BCUT2D eigenvalue weighted by Crippen LogP contribution is -2.26. The van der Waals surface area contributed by atoms with Crippen LogP contribution in [0.5, 0.6) is 0 Å². The molecule has 0 heterocycles. The lowest BCUT2D eigenvalue weighted by molar-refractivity contribution is -0.117. The first kappa shape index (κ1) is 17.6. The minimum Gasteiger partial charge on any atom is -0.346 e. The van der Waals surface area contributed by atoms with Crippen molar-refractivity contribution in [1.82, 2.24) is 5.32 Å². The Morgan fingerprint density at radius 1 is 1.17 bits per heavy atom. The molecule has 2 rings (SSSR count). The van der Waals surface area contributed by atoms with E-state index in [0.717, 1.165) is 17.5 Å². The smallest absolute Gasteiger partial charge is 0.244 e. The van der Waals surface area contributed by atoms with Crippen LogP contribution in [0.3, 0.4) is 0 Å². The molecule has 0 bridgehead atoms. The van der Waals surface area contributed by atoms with Gasteiger partial charge >= 0.3 is 0 Å². The van der Waals surface area contributed by atoms with Gasteiger partial charge in [-0.2, -0.15) is 0 Å². The third-order valence-electron chi connectivity index (χ3n) is 3.58. The zero-order chi connectivity index (χ0) is 16.8. The van der Waals surface area contributed by atoms with E-state index in [1.54, 1.807) is 24.3 Å². The number of benzene rings is 2. The number of carbonyl (C=O) groups excluding carboxylic acids is 1. The zero-order valence-electron chi connectivity index (χ0n) is 13.1. The summed E-state index contributed by atoms with van der Waals surface area (Å²) in [5.74, 6) is -0.150. The summed E-state index contributed by atoms with van der Waals surface area (Å²) in [5.41, 5.74) is 3.06. The molecule has 2 aromatic carbocycles. The standard InChI is InChI=1S/C19H19Cl2NO/c1-3-18(15-6-4-13(2)5-7-15)22-19(23)11-9-14-8-10-16(20)12-17(14)21/h4-12,18H,3H2,1-2H3,(H,22,23)/b11-9+/t18-/m1/s1. The average Bonchev–Trinajstić information content (AvgIpc) is 2.52. The molecule has 0 saturated carbocycles. The van der Waals surface area contributed by atoms with Crippen molar-refractivity contribution in [3.8, 4) is 0 Å². The molecule has 0 fully saturated rings. The van der Waals surface area contributed by atoms with Gasteiger partial charge in [-0.25, -0.2) is 0 Å². The molecule has 23 heavy (non-hydrogen) atoms. The second-order valence-corrected chi connectivity index (χ2v) is 6.22.